The minimum absolute atomic E-state index is 0.0165. The number of hydrogen-bond donors (Lipinski definition) is 0. The predicted molar refractivity (Wildman–Crippen MR) is 338 cm³/mol. The van der Waals surface area contributed by atoms with Gasteiger partial charge in [-0.1, -0.05) is 186 Å². The van der Waals surface area contributed by atoms with E-state index in [2.05, 4.69) is 68.8 Å². The van der Waals surface area contributed by atoms with Crippen LogP contribution in [0.25, 0.3) is 33.4 Å². The molecular weight excluding hydrogens is 1120 g/mol. The van der Waals surface area contributed by atoms with Gasteiger partial charge in [0.15, 0.2) is 34.9 Å². The van der Waals surface area contributed by atoms with Gasteiger partial charge in [-0.15, -0.1) is 0 Å². The molecule has 0 amide bonds. The van der Waals surface area contributed by atoms with Crippen LogP contribution in [-0.2, 0) is 12.8 Å². The van der Waals surface area contributed by atoms with Gasteiger partial charge in [-0.3, -0.25) is 0 Å². The van der Waals surface area contributed by atoms with E-state index < -0.39 is 58.5 Å². The lowest BCUT2D eigenvalue weighted by atomic mass is 9.68. The first-order valence-corrected chi connectivity index (χ1v) is 33.1. The van der Waals surface area contributed by atoms with Crippen molar-refractivity contribution in [3.05, 3.63) is 172 Å². The summed E-state index contributed by atoms with van der Waals surface area (Å²) < 4.78 is 143. The molecule has 0 spiro atoms. The second-order valence-electron chi connectivity index (χ2n) is 24.4. The topological polar surface area (TPSA) is 9.23 Å². The fourth-order valence-electron chi connectivity index (χ4n) is 14.1. The van der Waals surface area contributed by atoms with Crippen molar-refractivity contribution in [3.63, 3.8) is 0 Å². The minimum atomic E-state index is -3.53. The lowest BCUT2D eigenvalue weighted by molar-refractivity contribution is -0.224. The average molecular weight is 1220 g/mol. The van der Waals surface area contributed by atoms with Crippen molar-refractivity contribution < 1.29 is 48.6 Å². The van der Waals surface area contributed by atoms with Crippen LogP contribution in [0.1, 0.15) is 213 Å². The summed E-state index contributed by atoms with van der Waals surface area (Å²) in [6, 6.07) is 29.6. The molecule has 0 aliphatic heterocycles. The van der Waals surface area contributed by atoms with Gasteiger partial charge in [0.05, 0.1) is 5.92 Å². The molecule has 0 atom stereocenters. The molecular formula is C76H96F10O. The van der Waals surface area contributed by atoms with E-state index in [0.717, 1.165) is 103 Å². The van der Waals surface area contributed by atoms with Gasteiger partial charge in [-0.05, 0) is 195 Å². The summed E-state index contributed by atoms with van der Waals surface area (Å²) in [5, 5.41) is 0. The maximum absolute atomic E-state index is 14.8. The zero-order valence-electron chi connectivity index (χ0n) is 53.0. The molecule has 476 valence electrons. The van der Waals surface area contributed by atoms with Crippen LogP contribution in [0.4, 0.5) is 43.9 Å². The maximum Gasteiger partial charge on any atom is 0.400 e. The fraction of sp³-hybridized carbons (Fsp3) is 0.526. The molecule has 0 radical (unpaired) electrons. The summed E-state index contributed by atoms with van der Waals surface area (Å²) in [7, 11) is 0. The Hall–Kier alpha value is -5.58. The molecule has 1 nitrogen and oxygen atoms in total. The Morgan fingerprint density at radius 2 is 0.770 bits per heavy atom. The molecule has 11 heteroatoms. The fourth-order valence-corrected chi connectivity index (χ4v) is 14.1. The summed E-state index contributed by atoms with van der Waals surface area (Å²) in [6.07, 6.45) is 21.9. The Balaban J connectivity index is 0.000000204. The molecule has 0 bridgehead atoms. The molecule has 4 saturated carbocycles. The molecule has 4 aliphatic carbocycles. The summed E-state index contributed by atoms with van der Waals surface area (Å²) in [4.78, 5) is 0. The first-order valence-electron chi connectivity index (χ1n) is 33.1. The molecule has 87 heavy (non-hydrogen) atoms. The third-order valence-electron chi connectivity index (χ3n) is 19.0. The number of rotatable bonds is 16. The van der Waals surface area contributed by atoms with E-state index in [4.69, 9.17) is 0 Å². The lowest BCUT2D eigenvalue weighted by Crippen LogP contribution is -2.38. The number of halogens is 10. The first-order chi connectivity index (χ1) is 42.0. The number of aryl methyl sites for hydroxylation is 2. The molecule has 10 rings (SSSR count). The molecule has 6 aromatic rings. The van der Waals surface area contributed by atoms with E-state index in [-0.39, 0.29) is 16.9 Å². The van der Waals surface area contributed by atoms with Crippen LogP contribution in [0.2, 0.25) is 0 Å². The molecule has 0 N–H and O–H groups in total. The smallest absolute Gasteiger partial charge is 0.400 e. The zero-order chi connectivity index (χ0) is 63.2. The molecule has 4 aliphatic rings. The van der Waals surface area contributed by atoms with E-state index in [0.29, 0.717) is 48.3 Å². The maximum atomic E-state index is 14.8. The highest BCUT2D eigenvalue weighted by atomic mass is 19.3. The second kappa shape index (κ2) is 35.0. The van der Waals surface area contributed by atoms with Gasteiger partial charge < -0.3 is 4.74 Å². The van der Waals surface area contributed by atoms with Crippen molar-refractivity contribution in [1.82, 2.24) is 0 Å². The average Bonchev–Trinajstić information content (AvgIpc) is 2.27. The summed E-state index contributed by atoms with van der Waals surface area (Å²) in [5.41, 5.74) is 7.22. The van der Waals surface area contributed by atoms with Crippen LogP contribution in [0.3, 0.4) is 0 Å². The molecule has 0 unspecified atom stereocenters. The SMILES string of the molecule is CC.CC.CCCC1CCC(C2CCC(C(F)(F)Oc3cc(F)c(F)c(F)c3)CC2)CC1.CCCC1CCC(C2CCC(c3ccc(-c4cc(F)c(F)c(F)c4)c(F)c3)CC2)CC1.CCCc1ccc(-c2ccc(-c3ccc(CC)cc3)cc2F)cc1. The Kier molecular flexibility index (Phi) is 28.3. The van der Waals surface area contributed by atoms with Crippen molar-refractivity contribution >= 4 is 0 Å². The largest absolute Gasteiger partial charge is 0.432 e. The molecule has 0 saturated heterocycles. The van der Waals surface area contributed by atoms with E-state index in [1.165, 1.54) is 107 Å². The Morgan fingerprint density at radius 1 is 0.379 bits per heavy atom. The van der Waals surface area contributed by atoms with Gasteiger partial charge in [-0.25, -0.2) is 35.1 Å². The summed E-state index contributed by atoms with van der Waals surface area (Å²) >= 11 is 0. The molecule has 0 aromatic heterocycles. The van der Waals surface area contributed by atoms with E-state index >= 15 is 0 Å². The van der Waals surface area contributed by atoms with Gasteiger partial charge in [0.25, 0.3) is 0 Å². The third-order valence-corrected chi connectivity index (χ3v) is 19.0. The van der Waals surface area contributed by atoms with E-state index in [9.17, 15) is 43.9 Å². The van der Waals surface area contributed by atoms with Gasteiger partial charge in [0, 0.05) is 23.3 Å². The number of alkyl halides is 2. The van der Waals surface area contributed by atoms with Gasteiger partial charge in [0.2, 0.25) is 0 Å². The molecule has 0 heterocycles. The van der Waals surface area contributed by atoms with Crippen molar-refractivity contribution in [3.8, 4) is 39.1 Å². The Bertz CT molecular complexity index is 2930. The molecule has 4 fully saturated rings. The molecule has 6 aromatic carbocycles. The van der Waals surface area contributed by atoms with Crippen molar-refractivity contribution in [2.45, 2.75) is 215 Å². The number of benzene rings is 6. The van der Waals surface area contributed by atoms with Crippen LogP contribution in [-0.4, -0.2) is 6.11 Å². The first kappa shape index (κ1) is 70.5. The quantitative estimate of drug-likeness (QED) is 0.0693. The number of hydrogen-bond acceptors (Lipinski definition) is 1. The third kappa shape index (κ3) is 19.7. The standard InChI is InChI=1S/C27H32F4.C23H23F.C22H29F5O.2C2H6/c1-2-3-17-4-6-18(7-5-17)19-8-10-20(11-9-19)21-12-13-23(24(28)14-21)22-15-25(29)27(31)26(30)16-22;1-3-5-18-8-12-20(13-9-18)22-15-14-21(16-23(22)24)19-10-6-17(4-2)7-11-19;1-2-3-14-4-6-15(7-5-14)16-8-10-17(11-9-16)22(26,27)28-18-12-19(23)21(25)20(24)13-18;2*1-2/h12-20H,2-11H2,1H3;6-16H,3-5H2,1-2H3;12-17H,2-11H2,1H3;2*1-2H3. The van der Waals surface area contributed by atoms with Gasteiger partial charge >= 0.3 is 6.11 Å². The van der Waals surface area contributed by atoms with Crippen LogP contribution >= 0.6 is 0 Å². The monoisotopic (exact) mass is 1210 g/mol. The van der Waals surface area contributed by atoms with Gasteiger partial charge in [0.1, 0.15) is 17.4 Å². The van der Waals surface area contributed by atoms with E-state index in [1.54, 1.807) is 12.1 Å². The van der Waals surface area contributed by atoms with Crippen molar-refractivity contribution in [2.24, 2.45) is 41.4 Å². The van der Waals surface area contributed by atoms with Crippen LogP contribution in [0.5, 0.6) is 5.75 Å². The highest BCUT2D eigenvalue weighted by Gasteiger charge is 2.45. The van der Waals surface area contributed by atoms with Crippen LogP contribution in [0, 0.1) is 88.0 Å². The highest BCUT2D eigenvalue weighted by Crippen LogP contribution is 2.48. The van der Waals surface area contributed by atoms with Crippen LogP contribution in [0.15, 0.2) is 109 Å². The van der Waals surface area contributed by atoms with Crippen molar-refractivity contribution in [1.29, 1.82) is 0 Å². The van der Waals surface area contributed by atoms with Crippen molar-refractivity contribution in [2.75, 3.05) is 0 Å². The summed E-state index contributed by atoms with van der Waals surface area (Å²) in [6.45, 7) is 16.8. The van der Waals surface area contributed by atoms with Gasteiger partial charge in [-0.2, -0.15) is 8.78 Å². The van der Waals surface area contributed by atoms with E-state index in [1.807, 2.05) is 58.0 Å². The zero-order valence-corrected chi connectivity index (χ0v) is 53.0. The van der Waals surface area contributed by atoms with Crippen LogP contribution < -0.4 is 4.74 Å². The predicted octanol–water partition coefficient (Wildman–Crippen LogP) is 25.0. The summed E-state index contributed by atoms with van der Waals surface area (Å²) in [5.74, 6) is -6.40. The Morgan fingerprint density at radius 3 is 1.22 bits per heavy atom. The lowest BCUT2D eigenvalue weighted by Gasteiger charge is -2.39. The highest BCUT2D eigenvalue weighted by molar-refractivity contribution is 5.71. The minimum Gasteiger partial charge on any atom is -0.432 e. The normalized spacial score (nSPS) is 22.0. The second-order valence-corrected chi connectivity index (χ2v) is 24.4. The Labute approximate surface area is 514 Å². The number of ether oxygens (including phenoxy) is 1.